The first-order chi connectivity index (χ1) is 13.2. The molecule has 3 heterocycles. The highest BCUT2D eigenvalue weighted by Gasteiger charge is 2.25. The van der Waals surface area contributed by atoms with Gasteiger partial charge in [-0.1, -0.05) is 30.3 Å². The van der Waals surface area contributed by atoms with E-state index in [2.05, 4.69) is 49.9 Å². The van der Waals surface area contributed by atoms with Gasteiger partial charge >= 0.3 is 0 Å². The summed E-state index contributed by atoms with van der Waals surface area (Å²) in [6.07, 6.45) is 7.89. The van der Waals surface area contributed by atoms with Crippen LogP contribution in [0.4, 0.5) is 5.82 Å². The van der Waals surface area contributed by atoms with Crippen molar-refractivity contribution in [3.63, 3.8) is 0 Å². The van der Waals surface area contributed by atoms with E-state index in [0.29, 0.717) is 11.5 Å². The Bertz CT molecular complexity index is 902. The molecule has 4 rings (SSSR count). The van der Waals surface area contributed by atoms with Crippen LogP contribution in [0.15, 0.2) is 61.1 Å². The lowest BCUT2D eigenvalue weighted by molar-refractivity contribution is 0.101. The highest BCUT2D eigenvalue weighted by Crippen LogP contribution is 2.28. The van der Waals surface area contributed by atoms with Crippen molar-refractivity contribution in [3.05, 3.63) is 78.0 Å². The Hall–Kier alpha value is -2.95. The predicted octanol–water partition coefficient (Wildman–Crippen LogP) is 3.91. The maximum Gasteiger partial charge on any atom is 0.161 e. The molecule has 27 heavy (non-hydrogen) atoms. The molecule has 5 nitrogen and oxygen atoms in total. The number of hydrogen-bond acceptors (Lipinski definition) is 4. The number of benzene rings is 1. The van der Waals surface area contributed by atoms with Gasteiger partial charge < -0.3 is 9.47 Å². The van der Waals surface area contributed by atoms with E-state index < -0.39 is 0 Å². The summed E-state index contributed by atoms with van der Waals surface area (Å²) in [5.74, 6) is 2.51. The smallest absolute Gasteiger partial charge is 0.161 e. The summed E-state index contributed by atoms with van der Waals surface area (Å²) >= 11 is 0. The van der Waals surface area contributed by atoms with Crippen LogP contribution in [0.2, 0.25) is 0 Å². The van der Waals surface area contributed by atoms with E-state index in [4.69, 9.17) is 0 Å². The lowest BCUT2D eigenvalue weighted by Gasteiger charge is -2.33. The largest absolute Gasteiger partial charge is 0.356 e. The number of Topliss-reactive ketones (excluding diaryl/α,β-unsaturated/α-hetero) is 1. The van der Waals surface area contributed by atoms with Crippen molar-refractivity contribution in [3.8, 4) is 0 Å². The first-order valence-electron chi connectivity index (χ1n) is 9.47. The van der Waals surface area contributed by atoms with E-state index in [1.54, 1.807) is 13.1 Å². The van der Waals surface area contributed by atoms with Crippen LogP contribution in [-0.4, -0.2) is 33.4 Å². The van der Waals surface area contributed by atoms with Crippen molar-refractivity contribution in [2.45, 2.75) is 32.2 Å². The molecule has 0 amide bonds. The fourth-order valence-corrected chi connectivity index (χ4v) is 3.77. The standard InChI is InChI=1S/C22H24N4O/c1-17(27)19-9-10-21(24-14-19)25-12-5-8-20(16-25)22-23-11-13-26(22)15-18-6-3-2-4-7-18/h2-4,6-7,9-11,13-14,20H,5,8,12,15-16H2,1H3. The van der Waals surface area contributed by atoms with Gasteiger partial charge in [0.15, 0.2) is 5.78 Å². The van der Waals surface area contributed by atoms with Gasteiger partial charge in [0.2, 0.25) is 0 Å². The van der Waals surface area contributed by atoms with E-state index in [-0.39, 0.29) is 5.78 Å². The highest BCUT2D eigenvalue weighted by molar-refractivity contribution is 5.93. The second kappa shape index (κ2) is 7.74. The number of pyridine rings is 1. The molecule has 1 unspecified atom stereocenters. The van der Waals surface area contributed by atoms with Crippen LogP contribution >= 0.6 is 0 Å². The molecule has 0 radical (unpaired) electrons. The third kappa shape index (κ3) is 3.92. The fourth-order valence-electron chi connectivity index (χ4n) is 3.77. The summed E-state index contributed by atoms with van der Waals surface area (Å²) in [5.41, 5.74) is 1.94. The Kier molecular flexibility index (Phi) is 5.01. The van der Waals surface area contributed by atoms with E-state index in [1.807, 2.05) is 24.4 Å². The van der Waals surface area contributed by atoms with Crippen molar-refractivity contribution >= 4 is 11.6 Å². The predicted molar refractivity (Wildman–Crippen MR) is 106 cm³/mol. The van der Waals surface area contributed by atoms with Crippen LogP contribution in [0.3, 0.4) is 0 Å². The molecule has 2 aromatic heterocycles. The van der Waals surface area contributed by atoms with Crippen LogP contribution in [0.25, 0.3) is 0 Å². The minimum Gasteiger partial charge on any atom is -0.356 e. The number of anilines is 1. The first-order valence-corrected chi connectivity index (χ1v) is 9.47. The molecule has 0 N–H and O–H groups in total. The lowest BCUT2D eigenvalue weighted by atomic mass is 9.97. The highest BCUT2D eigenvalue weighted by atomic mass is 16.1. The molecule has 138 valence electrons. The van der Waals surface area contributed by atoms with Crippen molar-refractivity contribution in [2.75, 3.05) is 18.0 Å². The van der Waals surface area contributed by atoms with Gasteiger partial charge in [0.1, 0.15) is 11.6 Å². The molecular weight excluding hydrogens is 336 g/mol. The average molecular weight is 360 g/mol. The summed E-state index contributed by atoms with van der Waals surface area (Å²) in [4.78, 5) is 22.9. The van der Waals surface area contributed by atoms with Crippen molar-refractivity contribution in [1.82, 2.24) is 14.5 Å². The minimum atomic E-state index is 0.0495. The molecule has 3 aromatic rings. The number of imidazole rings is 1. The third-order valence-corrected chi connectivity index (χ3v) is 5.21. The number of nitrogens with zero attached hydrogens (tertiary/aromatic N) is 4. The summed E-state index contributed by atoms with van der Waals surface area (Å²) in [6, 6.07) is 14.3. The van der Waals surface area contributed by atoms with Gasteiger partial charge in [-0.3, -0.25) is 4.79 Å². The number of ketones is 1. The summed E-state index contributed by atoms with van der Waals surface area (Å²) in [6.45, 7) is 4.30. The van der Waals surface area contributed by atoms with Crippen LogP contribution in [-0.2, 0) is 6.54 Å². The molecule has 1 fully saturated rings. The van der Waals surface area contributed by atoms with E-state index in [1.165, 1.54) is 5.56 Å². The fraction of sp³-hybridized carbons (Fsp3) is 0.318. The molecule has 1 aliphatic rings. The van der Waals surface area contributed by atoms with Gasteiger partial charge in [-0.25, -0.2) is 9.97 Å². The van der Waals surface area contributed by atoms with Crippen molar-refractivity contribution in [1.29, 1.82) is 0 Å². The normalized spacial score (nSPS) is 17.1. The van der Waals surface area contributed by atoms with Gasteiger partial charge in [-0.05, 0) is 37.5 Å². The Balaban J connectivity index is 1.50. The number of piperidine rings is 1. The number of carbonyl (C=O) groups is 1. The van der Waals surface area contributed by atoms with E-state index in [9.17, 15) is 4.79 Å². The van der Waals surface area contributed by atoms with E-state index in [0.717, 1.165) is 44.1 Å². The van der Waals surface area contributed by atoms with Crippen LogP contribution in [0.5, 0.6) is 0 Å². The minimum absolute atomic E-state index is 0.0495. The summed E-state index contributed by atoms with van der Waals surface area (Å²) in [5, 5.41) is 0. The molecule has 1 atom stereocenters. The molecule has 0 saturated carbocycles. The molecule has 1 saturated heterocycles. The Morgan fingerprint density at radius 3 is 2.74 bits per heavy atom. The monoisotopic (exact) mass is 360 g/mol. The van der Waals surface area contributed by atoms with Crippen LogP contribution in [0.1, 0.15) is 47.4 Å². The molecule has 0 spiro atoms. The molecule has 1 aliphatic heterocycles. The van der Waals surface area contributed by atoms with Gasteiger partial charge in [0, 0.05) is 49.7 Å². The second-order valence-electron chi connectivity index (χ2n) is 7.15. The van der Waals surface area contributed by atoms with Crippen molar-refractivity contribution < 1.29 is 4.79 Å². The first kappa shape index (κ1) is 17.5. The summed E-state index contributed by atoms with van der Waals surface area (Å²) < 4.78 is 2.26. The maximum absolute atomic E-state index is 11.5. The Labute approximate surface area is 159 Å². The van der Waals surface area contributed by atoms with Crippen molar-refractivity contribution in [2.24, 2.45) is 0 Å². The number of rotatable bonds is 5. The number of carbonyl (C=O) groups excluding carboxylic acids is 1. The SMILES string of the molecule is CC(=O)c1ccc(N2CCCC(c3nccn3Cc3ccccc3)C2)nc1. The van der Waals surface area contributed by atoms with Gasteiger partial charge in [0.25, 0.3) is 0 Å². The lowest BCUT2D eigenvalue weighted by Crippen LogP contribution is -2.36. The number of aromatic nitrogens is 3. The van der Waals surface area contributed by atoms with Crippen LogP contribution < -0.4 is 4.90 Å². The zero-order valence-electron chi connectivity index (χ0n) is 15.6. The van der Waals surface area contributed by atoms with Gasteiger partial charge in [0.05, 0.1) is 0 Å². The number of hydrogen-bond donors (Lipinski definition) is 0. The quantitative estimate of drug-likeness (QED) is 0.647. The molecule has 5 heteroatoms. The zero-order chi connectivity index (χ0) is 18.6. The molecule has 0 aliphatic carbocycles. The topological polar surface area (TPSA) is 51.0 Å². The molecule has 1 aromatic carbocycles. The van der Waals surface area contributed by atoms with Gasteiger partial charge in [-0.2, -0.15) is 0 Å². The average Bonchev–Trinajstić information content (AvgIpc) is 3.17. The van der Waals surface area contributed by atoms with Gasteiger partial charge in [-0.15, -0.1) is 0 Å². The van der Waals surface area contributed by atoms with E-state index >= 15 is 0 Å². The molecule has 0 bridgehead atoms. The zero-order valence-corrected chi connectivity index (χ0v) is 15.6. The second-order valence-corrected chi connectivity index (χ2v) is 7.15. The Morgan fingerprint density at radius 2 is 2.00 bits per heavy atom. The maximum atomic E-state index is 11.5. The molecular formula is C22H24N4O. The Morgan fingerprint density at radius 1 is 1.15 bits per heavy atom. The van der Waals surface area contributed by atoms with Crippen LogP contribution in [0, 0.1) is 0 Å². The third-order valence-electron chi connectivity index (χ3n) is 5.21. The summed E-state index contributed by atoms with van der Waals surface area (Å²) in [7, 11) is 0.